The first-order chi connectivity index (χ1) is 5.61. The van der Waals surface area contributed by atoms with Gasteiger partial charge < -0.3 is 9.47 Å². The molecule has 0 aliphatic carbocycles. The second-order valence-corrected chi connectivity index (χ2v) is 2.16. The van der Waals surface area contributed by atoms with Crippen LogP contribution in [0.25, 0.3) is 0 Å². The van der Waals surface area contributed by atoms with E-state index in [2.05, 4.69) is 9.47 Å². The van der Waals surface area contributed by atoms with Crippen molar-refractivity contribution in [1.29, 1.82) is 0 Å². The number of carbonyl (C=O) groups is 2. The molecule has 2 atom stereocenters. The highest BCUT2D eigenvalue weighted by Gasteiger charge is 2.32. The first-order valence-electron chi connectivity index (χ1n) is 4.02. The van der Waals surface area contributed by atoms with E-state index in [0.29, 0.717) is 0 Å². The van der Waals surface area contributed by atoms with Gasteiger partial charge >= 0.3 is 11.9 Å². The fourth-order valence-electron chi connectivity index (χ4n) is 0.636. The maximum Gasteiger partial charge on any atom is 0.347 e. The quantitative estimate of drug-likeness (QED) is 0.512. The molecular weight excluding hydrogens is 160 g/mol. The molecule has 4 heteroatoms. The van der Waals surface area contributed by atoms with Crippen molar-refractivity contribution in [2.75, 3.05) is 0 Å². The minimum atomic E-state index is -0.747. The van der Waals surface area contributed by atoms with Gasteiger partial charge in [0, 0.05) is 0 Å². The molecule has 1 heterocycles. The molecule has 0 N–H and O–H groups in total. The first-order valence-corrected chi connectivity index (χ1v) is 4.02. The minimum absolute atomic E-state index is 0.480. The smallest absolute Gasteiger partial charge is 0.347 e. The molecule has 0 spiro atoms. The Hall–Kier alpha value is -1.06. The second-order valence-electron chi connectivity index (χ2n) is 2.16. The van der Waals surface area contributed by atoms with Crippen LogP contribution in [0, 0.1) is 0 Å². The summed E-state index contributed by atoms with van der Waals surface area (Å²) in [5.74, 6) is -0.959. The van der Waals surface area contributed by atoms with Gasteiger partial charge in [0.15, 0.2) is 12.2 Å². The topological polar surface area (TPSA) is 52.6 Å². The summed E-state index contributed by atoms with van der Waals surface area (Å²) in [6.45, 7) is 6.96. The molecule has 0 bridgehead atoms. The van der Waals surface area contributed by atoms with Crippen molar-refractivity contribution in [3.63, 3.8) is 0 Å². The molecular formula is C8H14O4. The molecule has 1 saturated heterocycles. The highest BCUT2D eigenvalue weighted by molar-refractivity contribution is 5.86. The van der Waals surface area contributed by atoms with Gasteiger partial charge in [-0.25, -0.2) is 9.59 Å². The van der Waals surface area contributed by atoms with Gasteiger partial charge in [0.05, 0.1) is 0 Å². The van der Waals surface area contributed by atoms with Crippen LogP contribution >= 0.6 is 0 Å². The average molecular weight is 174 g/mol. The third kappa shape index (κ3) is 2.53. The fourth-order valence-corrected chi connectivity index (χ4v) is 0.636. The second kappa shape index (κ2) is 4.74. The summed E-state index contributed by atoms with van der Waals surface area (Å²) in [7, 11) is 0. The molecule has 0 unspecified atom stereocenters. The van der Waals surface area contributed by atoms with Gasteiger partial charge in [-0.3, -0.25) is 0 Å². The fraction of sp³-hybridized carbons (Fsp3) is 0.750. The van der Waals surface area contributed by atoms with Crippen molar-refractivity contribution < 1.29 is 19.1 Å². The molecule has 1 aliphatic heterocycles. The zero-order valence-electron chi connectivity index (χ0n) is 7.79. The van der Waals surface area contributed by atoms with E-state index in [0.717, 1.165) is 0 Å². The van der Waals surface area contributed by atoms with Crippen LogP contribution in [0.15, 0.2) is 0 Å². The van der Waals surface area contributed by atoms with E-state index in [9.17, 15) is 9.59 Å². The van der Waals surface area contributed by atoms with Crippen molar-refractivity contribution in [1.82, 2.24) is 0 Å². The van der Waals surface area contributed by atoms with Crippen LogP contribution < -0.4 is 0 Å². The molecule has 0 amide bonds. The monoisotopic (exact) mass is 174 g/mol. The lowest BCUT2D eigenvalue weighted by Gasteiger charge is -2.22. The Morgan fingerprint density at radius 1 is 0.917 bits per heavy atom. The van der Waals surface area contributed by atoms with Crippen LogP contribution in [0.2, 0.25) is 0 Å². The van der Waals surface area contributed by atoms with Gasteiger partial charge in [-0.15, -0.1) is 0 Å². The molecule has 0 aromatic rings. The molecule has 0 aromatic carbocycles. The van der Waals surface area contributed by atoms with Gasteiger partial charge in [-0.2, -0.15) is 0 Å². The molecule has 12 heavy (non-hydrogen) atoms. The van der Waals surface area contributed by atoms with Crippen LogP contribution in [0.4, 0.5) is 0 Å². The molecule has 0 aromatic heterocycles. The normalized spacial score (nSPS) is 28.0. The summed E-state index contributed by atoms with van der Waals surface area (Å²) in [4.78, 5) is 21.3. The maximum absolute atomic E-state index is 10.7. The number of hydrogen-bond donors (Lipinski definition) is 0. The van der Waals surface area contributed by atoms with Crippen LogP contribution in [0.3, 0.4) is 0 Å². The largest absolute Gasteiger partial charge is 0.448 e. The van der Waals surface area contributed by atoms with Crippen molar-refractivity contribution in [3.8, 4) is 0 Å². The Kier molecular flexibility index (Phi) is 4.33. The zero-order chi connectivity index (χ0) is 9.72. The van der Waals surface area contributed by atoms with Crippen LogP contribution in [0.5, 0.6) is 0 Å². The van der Waals surface area contributed by atoms with E-state index in [1.165, 1.54) is 13.8 Å². The predicted molar refractivity (Wildman–Crippen MR) is 42.5 cm³/mol. The summed E-state index contributed by atoms with van der Waals surface area (Å²) in [5.41, 5.74) is 0. The number of rotatable bonds is 0. The molecule has 1 rings (SSSR count). The Bertz CT molecular complexity index is 156. The highest BCUT2D eigenvalue weighted by Crippen LogP contribution is 2.08. The van der Waals surface area contributed by atoms with Crippen molar-refractivity contribution in [2.24, 2.45) is 0 Å². The third-order valence-corrected chi connectivity index (χ3v) is 1.25. The van der Waals surface area contributed by atoms with Crippen LogP contribution in [-0.4, -0.2) is 24.1 Å². The van der Waals surface area contributed by atoms with E-state index < -0.39 is 24.1 Å². The molecule has 70 valence electrons. The first kappa shape index (κ1) is 10.9. The highest BCUT2D eigenvalue weighted by atomic mass is 16.6. The lowest BCUT2D eigenvalue weighted by molar-refractivity contribution is -0.191. The summed E-state index contributed by atoms with van der Waals surface area (Å²) in [6, 6.07) is 0. The average Bonchev–Trinajstić information content (AvgIpc) is 2.05. The van der Waals surface area contributed by atoms with Gasteiger partial charge in [-0.05, 0) is 13.8 Å². The van der Waals surface area contributed by atoms with Crippen LogP contribution in [-0.2, 0) is 19.1 Å². The lowest BCUT2D eigenvalue weighted by Crippen LogP contribution is -2.40. The van der Waals surface area contributed by atoms with Crippen molar-refractivity contribution in [2.45, 2.75) is 39.9 Å². The van der Waals surface area contributed by atoms with Crippen molar-refractivity contribution in [3.05, 3.63) is 0 Å². The maximum atomic E-state index is 10.7. The van der Waals surface area contributed by atoms with Gasteiger partial charge in [0.25, 0.3) is 0 Å². The van der Waals surface area contributed by atoms with E-state index in [1.807, 2.05) is 13.8 Å². The summed E-state index contributed by atoms with van der Waals surface area (Å²) < 4.78 is 9.19. The molecule has 1 aliphatic rings. The number of carbonyl (C=O) groups excluding carboxylic acids is 2. The summed E-state index contributed by atoms with van der Waals surface area (Å²) in [5, 5.41) is 0. The summed E-state index contributed by atoms with van der Waals surface area (Å²) >= 11 is 0. The Morgan fingerprint density at radius 3 is 1.42 bits per heavy atom. The third-order valence-electron chi connectivity index (χ3n) is 1.25. The number of hydrogen-bond acceptors (Lipinski definition) is 4. The minimum Gasteiger partial charge on any atom is -0.448 e. The van der Waals surface area contributed by atoms with Crippen LogP contribution in [0.1, 0.15) is 27.7 Å². The van der Waals surface area contributed by atoms with Gasteiger partial charge in [0.1, 0.15) is 0 Å². The molecule has 4 nitrogen and oxygen atoms in total. The van der Waals surface area contributed by atoms with Gasteiger partial charge in [0.2, 0.25) is 0 Å². The standard InChI is InChI=1S/C6H8O4.C2H6/c1-3-5(7)10-4(2)6(8)9-3;1-2/h3-4H,1-2H3;1-2H3/t3-,4-;/m1./s1. The predicted octanol–water partition coefficient (Wildman–Crippen LogP) is 0.890. The van der Waals surface area contributed by atoms with Crippen molar-refractivity contribution >= 4 is 11.9 Å². The number of esters is 2. The summed E-state index contributed by atoms with van der Waals surface area (Å²) in [6.07, 6.45) is -1.49. The number of ether oxygens (including phenoxy) is 2. The van der Waals surface area contributed by atoms with E-state index in [4.69, 9.17) is 0 Å². The Balaban J connectivity index is 0.000000561. The van der Waals surface area contributed by atoms with E-state index in [-0.39, 0.29) is 0 Å². The SMILES string of the molecule is CC.C[C@H]1OC(=O)[C@@H](C)OC1=O. The van der Waals surface area contributed by atoms with E-state index in [1.54, 1.807) is 0 Å². The zero-order valence-corrected chi connectivity index (χ0v) is 7.79. The van der Waals surface area contributed by atoms with Gasteiger partial charge in [-0.1, -0.05) is 13.8 Å². The molecule has 0 radical (unpaired) electrons. The Labute approximate surface area is 71.8 Å². The number of cyclic esters (lactones) is 2. The Morgan fingerprint density at radius 2 is 1.17 bits per heavy atom. The molecule has 1 fully saturated rings. The van der Waals surface area contributed by atoms with E-state index >= 15 is 0 Å². The lowest BCUT2D eigenvalue weighted by atomic mass is 10.3. The molecule has 0 saturated carbocycles.